The van der Waals surface area contributed by atoms with E-state index in [1.54, 1.807) is 0 Å². The van der Waals surface area contributed by atoms with Crippen molar-refractivity contribution in [2.75, 3.05) is 26.2 Å². The van der Waals surface area contributed by atoms with Crippen molar-refractivity contribution in [1.82, 2.24) is 9.47 Å². The summed E-state index contributed by atoms with van der Waals surface area (Å²) >= 11 is 0. The van der Waals surface area contributed by atoms with Crippen molar-refractivity contribution in [3.05, 3.63) is 35.7 Å². The summed E-state index contributed by atoms with van der Waals surface area (Å²) in [5.74, 6) is 0.503. The van der Waals surface area contributed by atoms with E-state index in [-0.39, 0.29) is 12.4 Å². The van der Waals surface area contributed by atoms with E-state index in [0.29, 0.717) is 12.5 Å². The Morgan fingerprint density at radius 3 is 2.90 bits per heavy atom. The zero-order chi connectivity index (χ0) is 14.7. The molecule has 0 saturated carbocycles. The predicted octanol–water partition coefficient (Wildman–Crippen LogP) is 1.79. The van der Waals surface area contributed by atoms with Gasteiger partial charge in [-0.15, -0.1) is 6.58 Å². The van der Waals surface area contributed by atoms with Crippen LogP contribution in [0.4, 0.5) is 0 Å². The van der Waals surface area contributed by atoms with Gasteiger partial charge in [0.05, 0.1) is 6.54 Å². The molecule has 0 aliphatic carbocycles. The first kappa shape index (κ1) is 15.0. The number of ketones is 1. The molecule has 1 aliphatic rings. The molecule has 110 valence electrons. The number of rotatable bonds is 6. The highest BCUT2D eigenvalue weighted by molar-refractivity contribution is 5.99. The lowest BCUT2D eigenvalue weighted by molar-refractivity contribution is 0.0939. The van der Waals surface area contributed by atoms with Crippen LogP contribution in [0, 0.1) is 19.8 Å². The Morgan fingerprint density at radius 1 is 1.55 bits per heavy atom. The number of hydrogen-bond acceptors (Lipinski definition) is 3. The molecule has 1 aliphatic heterocycles. The average Bonchev–Trinajstić information content (AvgIpc) is 2.98. The number of likely N-dealkylation sites (tertiary alicyclic amines) is 1. The number of aliphatic hydroxyl groups excluding tert-OH is 1. The quantitative estimate of drug-likeness (QED) is 0.636. The second-order valence-electron chi connectivity index (χ2n) is 5.68. The third-order valence-corrected chi connectivity index (χ3v) is 4.18. The van der Waals surface area contributed by atoms with Crippen LogP contribution >= 0.6 is 0 Å². The van der Waals surface area contributed by atoms with Crippen LogP contribution in [-0.2, 0) is 6.54 Å². The van der Waals surface area contributed by atoms with E-state index in [0.717, 1.165) is 43.0 Å². The number of Topliss-reactive ketones (excluding diaryl/α,β-unsaturated/α-hetero) is 1. The molecular formula is C16H24N2O2. The van der Waals surface area contributed by atoms with Crippen molar-refractivity contribution >= 4 is 5.78 Å². The molecule has 1 unspecified atom stereocenters. The molecule has 1 N–H and O–H groups in total. The van der Waals surface area contributed by atoms with Gasteiger partial charge in [-0.25, -0.2) is 0 Å². The molecule has 2 heterocycles. The van der Waals surface area contributed by atoms with E-state index >= 15 is 0 Å². The Bertz CT molecular complexity index is 505. The minimum atomic E-state index is 0.173. The molecule has 20 heavy (non-hydrogen) atoms. The standard InChI is InChI=1S/C16H24N2O2/c1-4-6-18-12(2)8-15(13(18)3)16(20)10-17-7-5-14(9-17)11-19/h4,8,14,19H,1,5-7,9-11H2,2-3H3. The summed E-state index contributed by atoms with van der Waals surface area (Å²) in [4.78, 5) is 14.6. The Labute approximate surface area is 120 Å². The zero-order valence-corrected chi connectivity index (χ0v) is 12.4. The largest absolute Gasteiger partial charge is 0.396 e. The van der Waals surface area contributed by atoms with Crippen molar-refractivity contribution in [1.29, 1.82) is 0 Å². The van der Waals surface area contributed by atoms with Crippen LogP contribution in [0.1, 0.15) is 28.2 Å². The fourth-order valence-corrected chi connectivity index (χ4v) is 2.99. The van der Waals surface area contributed by atoms with E-state index < -0.39 is 0 Å². The van der Waals surface area contributed by atoms with E-state index in [2.05, 4.69) is 16.0 Å². The van der Waals surface area contributed by atoms with Crippen LogP contribution in [0.15, 0.2) is 18.7 Å². The molecule has 0 radical (unpaired) electrons. The predicted molar refractivity (Wildman–Crippen MR) is 80.1 cm³/mol. The fraction of sp³-hybridized carbons (Fsp3) is 0.562. The van der Waals surface area contributed by atoms with Crippen molar-refractivity contribution in [2.45, 2.75) is 26.8 Å². The summed E-state index contributed by atoms with van der Waals surface area (Å²) in [5.41, 5.74) is 2.93. The molecule has 1 atom stereocenters. The van der Waals surface area contributed by atoms with Gasteiger partial charge in [0.15, 0.2) is 5.78 Å². The van der Waals surface area contributed by atoms with Crippen molar-refractivity contribution < 1.29 is 9.90 Å². The SMILES string of the molecule is C=CCn1c(C)cc(C(=O)CN2CCC(CO)C2)c1C. The van der Waals surface area contributed by atoms with Gasteiger partial charge in [0, 0.05) is 36.6 Å². The summed E-state index contributed by atoms with van der Waals surface area (Å²) in [6.45, 7) is 10.9. The van der Waals surface area contributed by atoms with Crippen LogP contribution in [-0.4, -0.2) is 46.6 Å². The number of aliphatic hydroxyl groups is 1. The number of aromatic nitrogens is 1. The van der Waals surface area contributed by atoms with Gasteiger partial charge in [-0.1, -0.05) is 6.08 Å². The average molecular weight is 276 g/mol. The summed E-state index contributed by atoms with van der Waals surface area (Å²) in [5, 5.41) is 9.15. The Kier molecular flexibility index (Phi) is 4.78. The molecule has 1 aromatic heterocycles. The Balaban J connectivity index is 2.06. The van der Waals surface area contributed by atoms with Crippen LogP contribution in [0.25, 0.3) is 0 Å². The van der Waals surface area contributed by atoms with E-state index in [9.17, 15) is 4.79 Å². The van der Waals surface area contributed by atoms with Gasteiger partial charge in [0.25, 0.3) is 0 Å². The highest BCUT2D eigenvalue weighted by Gasteiger charge is 2.25. The molecule has 2 rings (SSSR count). The summed E-state index contributed by atoms with van der Waals surface area (Å²) in [7, 11) is 0. The number of hydrogen-bond donors (Lipinski definition) is 1. The van der Waals surface area contributed by atoms with Crippen molar-refractivity contribution in [3.8, 4) is 0 Å². The van der Waals surface area contributed by atoms with Crippen LogP contribution in [0.2, 0.25) is 0 Å². The number of carbonyl (C=O) groups is 1. The van der Waals surface area contributed by atoms with Gasteiger partial charge in [0.2, 0.25) is 0 Å². The van der Waals surface area contributed by atoms with Gasteiger partial charge in [-0.05, 0) is 38.8 Å². The Hall–Kier alpha value is -1.39. The molecule has 1 aromatic rings. The summed E-state index contributed by atoms with van der Waals surface area (Å²) < 4.78 is 2.11. The molecule has 4 nitrogen and oxygen atoms in total. The highest BCUT2D eigenvalue weighted by atomic mass is 16.3. The van der Waals surface area contributed by atoms with Gasteiger partial charge in [-0.2, -0.15) is 0 Å². The number of nitrogens with zero attached hydrogens (tertiary/aromatic N) is 2. The Morgan fingerprint density at radius 2 is 2.30 bits per heavy atom. The number of carbonyl (C=O) groups excluding carboxylic acids is 1. The maximum atomic E-state index is 12.4. The second kappa shape index (κ2) is 6.37. The lowest BCUT2D eigenvalue weighted by Crippen LogP contribution is -2.28. The monoisotopic (exact) mass is 276 g/mol. The van der Waals surface area contributed by atoms with Gasteiger partial charge < -0.3 is 9.67 Å². The van der Waals surface area contributed by atoms with Crippen molar-refractivity contribution in [2.24, 2.45) is 5.92 Å². The van der Waals surface area contributed by atoms with Crippen LogP contribution in [0.5, 0.6) is 0 Å². The minimum absolute atomic E-state index is 0.173. The molecule has 4 heteroatoms. The van der Waals surface area contributed by atoms with E-state index in [1.807, 2.05) is 26.0 Å². The maximum Gasteiger partial charge on any atom is 0.178 e. The maximum absolute atomic E-state index is 12.4. The van der Waals surface area contributed by atoms with Gasteiger partial charge in [0.1, 0.15) is 0 Å². The van der Waals surface area contributed by atoms with E-state index in [4.69, 9.17) is 5.11 Å². The van der Waals surface area contributed by atoms with Crippen molar-refractivity contribution in [3.63, 3.8) is 0 Å². The van der Waals surface area contributed by atoms with Crippen LogP contribution in [0.3, 0.4) is 0 Å². The minimum Gasteiger partial charge on any atom is -0.396 e. The molecule has 0 spiro atoms. The molecule has 1 fully saturated rings. The molecule has 0 amide bonds. The first-order valence-electron chi connectivity index (χ1n) is 7.20. The first-order chi connectivity index (χ1) is 9.56. The number of allylic oxidation sites excluding steroid dienone is 1. The normalized spacial score (nSPS) is 19.4. The third-order valence-electron chi connectivity index (χ3n) is 4.18. The second-order valence-corrected chi connectivity index (χ2v) is 5.68. The van der Waals surface area contributed by atoms with E-state index in [1.165, 1.54) is 0 Å². The van der Waals surface area contributed by atoms with Gasteiger partial charge >= 0.3 is 0 Å². The first-order valence-corrected chi connectivity index (χ1v) is 7.20. The topological polar surface area (TPSA) is 45.5 Å². The molecule has 0 bridgehead atoms. The molecule has 0 aromatic carbocycles. The van der Waals surface area contributed by atoms with Gasteiger partial charge in [-0.3, -0.25) is 9.69 Å². The zero-order valence-electron chi connectivity index (χ0n) is 12.4. The lowest BCUT2D eigenvalue weighted by Gasteiger charge is -2.14. The summed E-state index contributed by atoms with van der Waals surface area (Å²) in [6, 6.07) is 1.97. The highest BCUT2D eigenvalue weighted by Crippen LogP contribution is 2.19. The number of aryl methyl sites for hydroxylation is 1. The summed E-state index contributed by atoms with van der Waals surface area (Å²) in [6.07, 6.45) is 2.83. The smallest absolute Gasteiger partial charge is 0.178 e. The molecule has 1 saturated heterocycles. The molecular weight excluding hydrogens is 252 g/mol. The third kappa shape index (κ3) is 3.02. The fourth-order valence-electron chi connectivity index (χ4n) is 2.99. The van der Waals surface area contributed by atoms with Crippen LogP contribution < -0.4 is 0 Å². The lowest BCUT2D eigenvalue weighted by atomic mass is 10.1.